The molecule has 0 radical (unpaired) electrons. The van der Waals surface area contributed by atoms with Gasteiger partial charge in [0, 0.05) is 25.2 Å². The van der Waals surface area contributed by atoms with E-state index in [-0.39, 0.29) is 5.41 Å². The summed E-state index contributed by atoms with van der Waals surface area (Å²) in [5, 5.41) is 2.12. The van der Waals surface area contributed by atoms with E-state index in [1.165, 1.54) is 28.7 Å². The maximum atomic E-state index is 12.5. The number of nitrogens with one attached hydrogen (secondary N) is 1. The molecule has 4 heteroatoms. The fourth-order valence-corrected chi connectivity index (χ4v) is 3.41. The minimum Gasteiger partial charge on any atom is -0.327 e. The maximum absolute atomic E-state index is 12.5. The molecular formula is C34H58F2N2. The molecule has 0 fully saturated rings. The van der Waals surface area contributed by atoms with Gasteiger partial charge < -0.3 is 5.32 Å². The van der Waals surface area contributed by atoms with Gasteiger partial charge in [0.25, 0.3) is 0 Å². The van der Waals surface area contributed by atoms with Crippen LogP contribution in [-0.2, 0) is 11.8 Å². The van der Waals surface area contributed by atoms with Gasteiger partial charge in [0.2, 0.25) is 0 Å². The second-order valence-corrected chi connectivity index (χ2v) is 10.7. The third kappa shape index (κ3) is 17.3. The smallest absolute Gasteiger partial charge is 0.320 e. The van der Waals surface area contributed by atoms with Gasteiger partial charge in [-0.1, -0.05) is 124 Å². The maximum Gasteiger partial charge on any atom is 0.320 e. The standard InChI is InChI=1S/C18H29N.C11H15F2N.C3H8.C2H6/c1-8-14(2)13-19(7)15(3)16-9-11-17(12-10-16)18(4,5)6;1-3-4-9-5-7-10(8-6-9)14-11(2,12)13;1-3-2;1-2/h9-12,15H,2,8,13H2,1,3-7H3;5-8,14H,3-4H2,1-2H3;3H2,1-2H3;1-2H3/t15-;;;/m1.../s1. The summed E-state index contributed by atoms with van der Waals surface area (Å²) in [6, 6.07) is 13.7. The molecule has 0 unspecified atom stereocenters. The minimum absolute atomic E-state index is 0.226. The van der Waals surface area contributed by atoms with Crippen LogP contribution in [0.4, 0.5) is 14.5 Å². The SMILES string of the molecule is C=C(CC)CN(C)[C@H](C)c1ccc(C(C)(C)C)cc1.CC.CCC.CCCc1ccc(NC(C)(F)F)cc1. The fraction of sp³-hybridized carbons (Fsp3) is 0.588. The lowest BCUT2D eigenvalue weighted by Gasteiger charge is -2.27. The number of anilines is 1. The van der Waals surface area contributed by atoms with Gasteiger partial charge >= 0.3 is 6.05 Å². The first-order chi connectivity index (χ1) is 17.7. The molecule has 0 aliphatic carbocycles. The van der Waals surface area contributed by atoms with Crippen molar-refractivity contribution in [3.63, 3.8) is 0 Å². The van der Waals surface area contributed by atoms with E-state index >= 15 is 0 Å². The van der Waals surface area contributed by atoms with Gasteiger partial charge in [-0.2, -0.15) is 8.78 Å². The van der Waals surface area contributed by atoms with Crippen molar-refractivity contribution >= 4 is 5.69 Å². The van der Waals surface area contributed by atoms with Crippen LogP contribution in [0.5, 0.6) is 0 Å². The zero-order valence-electron chi connectivity index (χ0n) is 26.6. The molecule has 218 valence electrons. The predicted molar refractivity (Wildman–Crippen MR) is 168 cm³/mol. The lowest BCUT2D eigenvalue weighted by atomic mass is 9.86. The Labute approximate surface area is 234 Å². The molecule has 0 heterocycles. The Balaban J connectivity index is 0. The first-order valence-corrected chi connectivity index (χ1v) is 14.4. The summed E-state index contributed by atoms with van der Waals surface area (Å²) < 4.78 is 25.1. The highest BCUT2D eigenvalue weighted by molar-refractivity contribution is 5.45. The third-order valence-corrected chi connectivity index (χ3v) is 5.75. The first-order valence-electron chi connectivity index (χ1n) is 14.4. The third-order valence-electron chi connectivity index (χ3n) is 5.75. The average Bonchev–Trinajstić information content (AvgIpc) is 2.85. The van der Waals surface area contributed by atoms with Crippen molar-refractivity contribution in [1.29, 1.82) is 0 Å². The average molecular weight is 533 g/mol. The minimum atomic E-state index is -2.85. The summed E-state index contributed by atoms with van der Waals surface area (Å²) in [5.41, 5.74) is 5.92. The van der Waals surface area contributed by atoms with E-state index in [9.17, 15) is 8.78 Å². The highest BCUT2D eigenvalue weighted by atomic mass is 19.3. The van der Waals surface area contributed by atoms with Crippen LogP contribution in [0.3, 0.4) is 0 Å². The van der Waals surface area contributed by atoms with Crippen molar-refractivity contribution in [2.75, 3.05) is 18.9 Å². The molecule has 1 atom stereocenters. The second-order valence-electron chi connectivity index (χ2n) is 10.7. The van der Waals surface area contributed by atoms with Crippen molar-refractivity contribution in [3.8, 4) is 0 Å². The normalized spacial score (nSPS) is 11.7. The van der Waals surface area contributed by atoms with Crippen LogP contribution in [-0.4, -0.2) is 24.5 Å². The van der Waals surface area contributed by atoms with Gasteiger partial charge in [0.1, 0.15) is 0 Å². The van der Waals surface area contributed by atoms with Crippen LogP contribution in [0.25, 0.3) is 0 Å². The van der Waals surface area contributed by atoms with Crippen molar-refractivity contribution in [3.05, 3.63) is 77.4 Å². The van der Waals surface area contributed by atoms with Gasteiger partial charge in [-0.25, -0.2) is 0 Å². The van der Waals surface area contributed by atoms with Crippen molar-refractivity contribution in [1.82, 2.24) is 4.90 Å². The van der Waals surface area contributed by atoms with Crippen LogP contribution in [0, 0.1) is 0 Å². The van der Waals surface area contributed by atoms with E-state index in [1.54, 1.807) is 12.1 Å². The number of hydrogen-bond donors (Lipinski definition) is 1. The van der Waals surface area contributed by atoms with Gasteiger partial charge in [0.05, 0.1) is 0 Å². The Morgan fingerprint density at radius 3 is 1.74 bits per heavy atom. The number of benzene rings is 2. The monoisotopic (exact) mass is 532 g/mol. The quantitative estimate of drug-likeness (QED) is 0.255. The van der Waals surface area contributed by atoms with Gasteiger partial charge in [-0.05, 0) is 61.1 Å². The number of rotatable bonds is 9. The molecule has 1 N–H and O–H groups in total. The van der Waals surface area contributed by atoms with Gasteiger partial charge in [0.15, 0.2) is 0 Å². The van der Waals surface area contributed by atoms with E-state index < -0.39 is 6.05 Å². The Morgan fingerprint density at radius 1 is 0.895 bits per heavy atom. The summed E-state index contributed by atoms with van der Waals surface area (Å²) in [7, 11) is 2.17. The summed E-state index contributed by atoms with van der Waals surface area (Å²) in [6.07, 6.45) is 4.36. The summed E-state index contributed by atoms with van der Waals surface area (Å²) in [4.78, 5) is 2.36. The zero-order valence-corrected chi connectivity index (χ0v) is 26.6. The predicted octanol–water partition coefficient (Wildman–Crippen LogP) is 11.0. The Hall–Kier alpha value is -2.20. The summed E-state index contributed by atoms with van der Waals surface area (Å²) >= 11 is 0. The Kier molecular flexibility index (Phi) is 19.8. The molecule has 2 rings (SSSR count). The molecule has 0 saturated heterocycles. The van der Waals surface area contributed by atoms with Crippen molar-refractivity contribution < 1.29 is 8.78 Å². The number of likely N-dealkylation sites (N-methyl/N-ethyl adjacent to an activating group) is 1. The van der Waals surface area contributed by atoms with E-state index in [0.717, 1.165) is 32.7 Å². The Morgan fingerprint density at radius 2 is 1.37 bits per heavy atom. The van der Waals surface area contributed by atoms with E-state index in [1.807, 2.05) is 26.0 Å². The molecule has 0 amide bonds. The molecule has 0 aromatic heterocycles. The zero-order chi connectivity index (χ0) is 29.9. The van der Waals surface area contributed by atoms with Gasteiger partial charge in [-0.15, -0.1) is 0 Å². The molecular weight excluding hydrogens is 474 g/mol. The molecule has 0 bridgehead atoms. The summed E-state index contributed by atoms with van der Waals surface area (Å²) in [6.45, 7) is 27.4. The second kappa shape index (κ2) is 19.8. The van der Waals surface area contributed by atoms with Gasteiger partial charge in [-0.3, -0.25) is 4.90 Å². The molecule has 2 nitrogen and oxygen atoms in total. The number of hydrogen-bond acceptors (Lipinski definition) is 2. The molecule has 2 aromatic rings. The molecule has 0 spiro atoms. The highest BCUT2D eigenvalue weighted by Crippen LogP contribution is 2.26. The highest BCUT2D eigenvalue weighted by Gasteiger charge is 2.19. The Bertz CT molecular complexity index is 844. The molecule has 38 heavy (non-hydrogen) atoms. The fourth-order valence-electron chi connectivity index (χ4n) is 3.41. The lowest BCUT2D eigenvalue weighted by Crippen LogP contribution is -2.24. The first kappa shape index (κ1) is 37.9. The van der Waals surface area contributed by atoms with Crippen LogP contribution in [0.2, 0.25) is 0 Å². The number of halogens is 2. The van der Waals surface area contributed by atoms with E-state index in [0.29, 0.717) is 11.7 Å². The van der Waals surface area contributed by atoms with Crippen molar-refractivity contribution in [2.24, 2.45) is 0 Å². The van der Waals surface area contributed by atoms with E-state index in [2.05, 4.69) is 103 Å². The van der Waals surface area contributed by atoms with Crippen molar-refractivity contribution in [2.45, 2.75) is 119 Å². The number of nitrogens with zero attached hydrogens (tertiary/aromatic N) is 1. The number of alkyl halides is 2. The molecule has 0 saturated carbocycles. The molecule has 0 aliphatic rings. The lowest BCUT2D eigenvalue weighted by molar-refractivity contribution is 0.0543. The van der Waals surface area contributed by atoms with Crippen LogP contribution in [0.15, 0.2) is 60.7 Å². The molecule has 2 aromatic carbocycles. The van der Waals surface area contributed by atoms with Crippen LogP contribution >= 0.6 is 0 Å². The van der Waals surface area contributed by atoms with E-state index in [4.69, 9.17) is 0 Å². The summed E-state index contributed by atoms with van der Waals surface area (Å²) in [5.74, 6) is 0. The molecule has 0 aliphatic heterocycles. The number of aryl methyl sites for hydroxylation is 1. The largest absolute Gasteiger partial charge is 0.327 e. The topological polar surface area (TPSA) is 15.3 Å². The van der Waals surface area contributed by atoms with Crippen LogP contribution in [0.1, 0.15) is 118 Å². The van der Waals surface area contributed by atoms with Crippen LogP contribution < -0.4 is 5.32 Å².